The number of rotatable bonds is 9. The highest BCUT2D eigenvalue weighted by molar-refractivity contribution is 8.00. The molecule has 0 aliphatic heterocycles. The smallest absolute Gasteiger partial charge is 0.328 e. The minimum Gasteiger partial charge on any atom is -0.478 e. The number of carboxylic acid groups (broad SMARTS) is 1. The lowest BCUT2D eigenvalue weighted by molar-refractivity contribution is -0.131. The minimum absolute atomic E-state index is 0.148. The van der Waals surface area contributed by atoms with Crippen molar-refractivity contribution in [3.63, 3.8) is 0 Å². The summed E-state index contributed by atoms with van der Waals surface area (Å²) >= 11 is 2.75. The van der Waals surface area contributed by atoms with E-state index in [1.54, 1.807) is 18.2 Å². The van der Waals surface area contributed by atoms with E-state index in [1.165, 1.54) is 23.1 Å². The number of anilines is 2. The molecule has 0 fully saturated rings. The number of carboxylic acids is 1. The number of aromatic nitrogens is 1. The van der Waals surface area contributed by atoms with Crippen LogP contribution in [-0.4, -0.2) is 33.1 Å². The number of thiazole rings is 1. The molecule has 1 aromatic heterocycles. The Labute approximate surface area is 193 Å². The fourth-order valence-corrected chi connectivity index (χ4v) is 4.46. The van der Waals surface area contributed by atoms with Gasteiger partial charge >= 0.3 is 5.97 Å². The summed E-state index contributed by atoms with van der Waals surface area (Å²) in [6.07, 6.45) is 2.32. The third kappa shape index (κ3) is 6.79. The number of carbonyl (C=O) groups is 3. The van der Waals surface area contributed by atoms with Crippen LogP contribution in [0.5, 0.6) is 0 Å². The van der Waals surface area contributed by atoms with E-state index in [0.29, 0.717) is 17.2 Å². The summed E-state index contributed by atoms with van der Waals surface area (Å²) in [5.41, 5.74) is 2.31. The Bertz CT molecular complexity index is 1130. The van der Waals surface area contributed by atoms with E-state index >= 15 is 0 Å². The van der Waals surface area contributed by atoms with Crippen molar-refractivity contribution in [2.75, 3.05) is 10.6 Å². The lowest BCUT2D eigenvalue weighted by Gasteiger charge is -2.14. The van der Waals surface area contributed by atoms with Crippen LogP contribution < -0.4 is 10.6 Å². The first-order chi connectivity index (χ1) is 15.4. The fourth-order valence-electron chi connectivity index (χ4n) is 2.72. The SMILES string of the molecule is CCC(Sc1cccc(NC(=O)/C=C/C(=O)O)c1)C(=O)Nc1nc(-c2ccccc2)cs1. The molecule has 0 radical (unpaired) electrons. The van der Waals surface area contributed by atoms with Crippen LogP contribution >= 0.6 is 23.1 Å². The van der Waals surface area contributed by atoms with Gasteiger partial charge in [0.05, 0.1) is 10.9 Å². The fraction of sp³-hybridized carbons (Fsp3) is 0.130. The van der Waals surface area contributed by atoms with E-state index in [1.807, 2.05) is 48.7 Å². The molecule has 0 bridgehead atoms. The molecule has 1 heterocycles. The van der Waals surface area contributed by atoms with Crippen LogP contribution in [0.2, 0.25) is 0 Å². The third-order valence-corrected chi connectivity index (χ3v) is 6.34. The Hall–Kier alpha value is -3.43. The van der Waals surface area contributed by atoms with Crippen molar-refractivity contribution in [3.8, 4) is 11.3 Å². The predicted octanol–water partition coefficient (Wildman–Crippen LogP) is 4.90. The summed E-state index contributed by atoms with van der Waals surface area (Å²) in [6.45, 7) is 1.93. The molecule has 164 valence electrons. The van der Waals surface area contributed by atoms with E-state index in [-0.39, 0.29) is 11.2 Å². The van der Waals surface area contributed by atoms with Gasteiger partial charge < -0.3 is 15.7 Å². The molecule has 3 aromatic rings. The average Bonchev–Trinajstić information content (AvgIpc) is 3.25. The van der Waals surface area contributed by atoms with E-state index in [4.69, 9.17) is 5.11 Å². The Morgan fingerprint density at radius 1 is 1.09 bits per heavy atom. The van der Waals surface area contributed by atoms with Crippen LogP contribution in [0, 0.1) is 0 Å². The van der Waals surface area contributed by atoms with Gasteiger partial charge in [0.1, 0.15) is 0 Å². The van der Waals surface area contributed by atoms with Gasteiger partial charge in [-0.1, -0.05) is 43.3 Å². The zero-order valence-corrected chi connectivity index (χ0v) is 18.8. The molecule has 3 N–H and O–H groups in total. The maximum atomic E-state index is 12.8. The normalized spacial score (nSPS) is 11.8. The average molecular weight is 468 g/mol. The summed E-state index contributed by atoms with van der Waals surface area (Å²) in [4.78, 5) is 40.4. The van der Waals surface area contributed by atoms with Gasteiger partial charge in [0.25, 0.3) is 0 Å². The number of aliphatic carboxylic acids is 1. The van der Waals surface area contributed by atoms with Crippen LogP contribution in [0.4, 0.5) is 10.8 Å². The van der Waals surface area contributed by atoms with Gasteiger partial charge in [-0.05, 0) is 24.6 Å². The van der Waals surface area contributed by atoms with Crippen LogP contribution in [0.1, 0.15) is 13.3 Å². The van der Waals surface area contributed by atoms with Crippen molar-refractivity contribution in [1.29, 1.82) is 0 Å². The van der Waals surface area contributed by atoms with Crippen molar-refractivity contribution in [2.24, 2.45) is 0 Å². The number of hydrogen-bond donors (Lipinski definition) is 3. The molecular formula is C23H21N3O4S2. The standard InChI is InChI=1S/C23H21N3O4S2/c1-2-19(22(30)26-23-25-18(14-31-23)15-7-4-3-5-8-15)32-17-10-6-9-16(13-17)24-20(27)11-12-21(28)29/h3-14,19H,2H2,1H3,(H,24,27)(H,28,29)(H,25,26,30)/b12-11+. The summed E-state index contributed by atoms with van der Waals surface area (Å²) in [7, 11) is 0. The van der Waals surface area contributed by atoms with Crippen molar-refractivity contribution < 1.29 is 19.5 Å². The monoisotopic (exact) mass is 467 g/mol. The molecule has 1 atom stereocenters. The van der Waals surface area contributed by atoms with E-state index in [9.17, 15) is 14.4 Å². The largest absolute Gasteiger partial charge is 0.478 e. The molecule has 7 nitrogen and oxygen atoms in total. The number of thioether (sulfide) groups is 1. The maximum Gasteiger partial charge on any atom is 0.328 e. The van der Waals surface area contributed by atoms with Gasteiger partial charge in [0.15, 0.2) is 5.13 Å². The van der Waals surface area contributed by atoms with Crippen molar-refractivity contribution in [1.82, 2.24) is 4.98 Å². The van der Waals surface area contributed by atoms with E-state index in [0.717, 1.165) is 28.3 Å². The number of nitrogens with zero attached hydrogens (tertiary/aromatic N) is 1. The van der Waals surface area contributed by atoms with Gasteiger partial charge in [0, 0.05) is 33.7 Å². The Balaban J connectivity index is 1.62. The molecule has 0 spiro atoms. The molecule has 0 aliphatic rings. The van der Waals surface area contributed by atoms with Crippen molar-refractivity contribution in [3.05, 3.63) is 72.1 Å². The second-order valence-electron chi connectivity index (χ2n) is 6.60. The van der Waals surface area contributed by atoms with E-state index in [2.05, 4.69) is 15.6 Å². The maximum absolute atomic E-state index is 12.8. The molecule has 1 unspecified atom stereocenters. The highest BCUT2D eigenvalue weighted by Gasteiger charge is 2.19. The zero-order chi connectivity index (χ0) is 22.9. The van der Waals surface area contributed by atoms with Gasteiger partial charge in [-0.3, -0.25) is 9.59 Å². The first-order valence-corrected chi connectivity index (χ1v) is 11.5. The molecule has 2 amide bonds. The number of benzene rings is 2. The van der Waals surface area contributed by atoms with E-state index < -0.39 is 11.9 Å². The highest BCUT2D eigenvalue weighted by Crippen LogP contribution is 2.30. The number of amides is 2. The molecular weight excluding hydrogens is 446 g/mol. The quantitative estimate of drug-likeness (QED) is 0.305. The van der Waals surface area contributed by atoms with Crippen LogP contribution in [0.25, 0.3) is 11.3 Å². The summed E-state index contributed by atoms with van der Waals surface area (Å²) < 4.78 is 0. The van der Waals surface area contributed by atoms with Crippen LogP contribution in [-0.2, 0) is 14.4 Å². The lowest BCUT2D eigenvalue weighted by atomic mass is 10.2. The number of carbonyl (C=O) groups excluding carboxylic acids is 2. The number of hydrogen-bond acceptors (Lipinski definition) is 6. The van der Waals surface area contributed by atoms with Crippen molar-refractivity contribution in [2.45, 2.75) is 23.5 Å². The second-order valence-corrected chi connectivity index (χ2v) is 8.73. The Morgan fingerprint density at radius 3 is 2.59 bits per heavy atom. The highest BCUT2D eigenvalue weighted by atomic mass is 32.2. The summed E-state index contributed by atoms with van der Waals surface area (Å²) in [5.74, 6) is -1.89. The zero-order valence-electron chi connectivity index (χ0n) is 17.1. The van der Waals surface area contributed by atoms with Crippen molar-refractivity contribution >= 4 is 51.7 Å². The molecule has 0 aliphatic carbocycles. The van der Waals surface area contributed by atoms with Gasteiger partial charge in [-0.15, -0.1) is 23.1 Å². The summed E-state index contributed by atoms with van der Waals surface area (Å²) in [6, 6.07) is 16.8. The molecule has 3 rings (SSSR count). The lowest BCUT2D eigenvalue weighted by Crippen LogP contribution is -2.24. The first-order valence-electron chi connectivity index (χ1n) is 9.75. The predicted molar refractivity (Wildman–Crippen MR) is 128 cm³/mol. The Kier molecular flexibility index (Phi) is 8.18. The first kappa shape index (κ1) is 23.2. The summed E-state index contributed by atoms with van der Waals surface area (Å²) in [5, 5.41) is 16.2. The Morgan fingerprint density at radius 2 is 1.88 bits per heavy atom. The van der Waals surface area contributed by atoms with Gasteiger partial charge in [-0.25, -0.2) is 9.78 Å². The molecule has 2 aromatic carbocycles. The second kappa shape index (κ2) is 11.3. The molecule has 9 heteroatoms. The van der Waals surface area contributed by atoms with Gasteiger partial charge in [0.2, 0.25) is 11.8 Å². The molecule has 32 heavy (non-hydrogen) atoms. The van der Waals surface area contributed by atoms with Crippen LogP contribution in [0.15, 0.2) is 77.0 Å². The molecule has 0 saturated carbocycles. The topological polar surface area (TPSA) is 108 Å². The van der Waals surface area contributed by atoms with Gasteiger partial charge in [-0.2, -0.15) is 0 Å². The minimum atomic E-state index is -1.20. The third-order valence-electron chi connectivity index (χ3n) is 4.22. The van der Waals surface area contributed by atoms with Crippen LogP contribution in [0.3, 0.4) is 0 Å². The number of nitrogens with one attached hydrogen (secondary N) is 2. The molecule has 0 saturated heterocycles.